The second-order valence-corrected chi connectivity index (χ2v) is 9.38. The van der Waals surface area contributed by atoms with Gasteiger partial charge in [0.05, 0.1) is 12.8 Å². The summed E-state index contributed by atoms with van der Waals surface area (Å²) >= 11 is 0. The lowest BCUT2D eigenvalue weighted by Gasteiger charge is -2.20. The normalized spacial score (nSPS) is 10.6. The van der Waals surface area contributed by atoms with E-state index in [1.807, 2.05) is 12.1 Å². The van der Waals surface area contributed by atoms with E-state index >= 15 is 0 Å². The van der Waals surface area contributed by atoms with Gasteiger partial charge < -0.3 is 25.4 Å². The van der Waals surface area contributed by atoms with Gasteiger partial charge in [-0.2, -0.15) is 0 Å². The standard InChI is InChI=1S/C31H31FN4O5/c1-18-9-14-24(23(32)15-18)35-29-28(31(39)34-17-20-10-12-21(40-5)13-11-20)26(16-27(37)36(29)4)41-25-8-6-7-22(19(25)2)30(38)33-3/h6-16,35H,17H2,1-5H3,(H,33,38)(H,34,39). The molecule has 0 saturated heterocycles. The molecule has 3 N–H and O–H groups in total. The Morgan fingerprint density at radius 3 is 2.34 bits per heavy atom. The molecule has 1 aromatic heterocycles. The average molecular weight is 559 g/mol. The van der Waals surface area contributed by atoms with Crippen LogP contribution in [-0.2, 0) is 13.6 Å². The lowest BCUT2D eigenvalue weighted by Crippen LogP contribution is -2.29. The van der Waals surface area contributed by atoms with E-state index in [1.165, 1.54) is 36.9 Å². The number of pyridine rings is 1. The SMILES string of the molecule is CNC(=O)c1cccc(Oc2cc(=O)n(C)c(Nc3ccc(C)cc3F)c2C(=O)NCc2ccc(OC)cc2)c1C. The molecule has 0 atom stereocenters. The van der Waals surface area contributed by atoms with E-state index in [1.54, 1.807) is 57.4 Å². The minimum atomic E-state index is -0.568. The van der Waals surface area contributed by atoms with Crippen molar-refractivity contribution in [2.45, 2.75) is 20.4 Å². The summed E-state index contributed by atoms with van der Waals surface area (Å²) in [4.78, 5) is 39.1. The van der Waals surface area contributed by atoms with E-state index in [0.717, 1.165) is 5.56 Å². The van der Waals surface area contributed by atoms with Crippen molar-refractivity contribution in [3.05, 3.63) is 111 Å². The molecule has 9 nitrogen and oxygen atoms in total. The molecule has 0 fully saturated rings. The Kier molecular flexibility index (Phi) is 8.72. The quantitative estimate of drug-likeness (QED) is 0.267. The molecule has 0 bridgehead atoms. The van der Waals surface area contributed by atoms with Crippen LogP contribution in [0.15, 0.2) is 71.5 Å². The van der Waals surface area contributed by atoms with E-state index in [-0.39, 0.29) is 41.0 Å². The van der Waals surface area contributed by atoms with Crippen molar-refractivity contribution in [3.8, 4) is 17.2 Å². The fourth-order valence-corrected chi connectivity index (χ4v) is 4.21. The smallest absolute Gasteiger partial charge is 0.259 e. The first-order valence-electron chi connectivity index (χ1n) is 12.8. The highest BCUT2D eigenvalue weighted by Gasteiger charge is 2.24. The number of aromatic nitrogens is 1. The van der Waals surface area contributed by atoms with Crippen molar-refractivity contribution >= 4 is 23.3 Å². The molecule has 0 unspecified atom stereocenters. The number of ether oxygens (including phenoxy) is 2. The van der Waals surface area contributed by atoms with Crippen molar-refractivity contribution in [2.24, 2.45) is 7.05 Å². The first kappa shape index (κ1) is 28.9. The highest BCUT2D eigenvalue weighted by atomic mass is 19.1. The Balaban J connectivity index is 1.80. The molecule has 0 spiro atoms. The second-order valence-electron chi connectivity index (χ2n) is 9.38. The number of carbonyl (C=O) groups is 2. The number of hydrogen-bond acceptors (Lipinski definition) is 6. The largest absolute Gasteiger partial charge is 0.497 e. The number of methoxy groups -OCH3 is 1. The van der Waals surface area contributed by atoms with Crippen molar-refractivity contribution < 1.29 is 23.5 Å². The van der Waals surface area contributed by atoms with Crippen LogP contribution < -0.4 is 31.0 Å². The number of anilines is 2. The van der Waals surface area contributed by atoms with Gasteiger partial charge in [-0.1, -0.05) is 24.3 Å². The van der Waals surface area contributed by atoms with Crippen molar-refractivity contribution in [2.75, 3.05) is 19.5 Å². The van der Waals surface area contributed by atoms with Gasteiger partial charge >= 0.3 is 0 Å². The Labute approximate surface area is 236 Å². The van der Waals surface area contributed by atoms with Crippen LogP contribution in [0.1, 0.15) is 37.4 Å². The Morgan fingerprint density at radius 1 is 0.951 bits per heavy atom. The molecule has 10 heteroatoms. The molecular formula is C31H31FN4O5. The molecule has 0 aliphatic carbocycles. The van der Waals surface area contributed by atoms with Crippen molar-refractivity contribution in [3.63, 3.8) is 0 Å². The lowest BCUT2D eigenvalue weighted by atomic mass is 10.1. The average Bonchev–Trinajstić information content (AvgIpc) is 2.96. The van der Waals surface area contributed by atoms with Gasteiger partial charge in [0.25, 0.3) is 17.4 Å². The fourth-order valence-electron chi connectivity index (χ4n) is 4.21. The Morgan fingerprint density at radius 2 is 1.68 bits per heavy atom. The summed E-state index contributed by atoms with van der Waals surface area (Å²) in [5, 5.41) is 8.35. The maximum Gasteiger partial charge on any atom is 0.259 e. The number of benzene rings is 3. The third kappa shape index (κ3) is 6.38. The van der Waals surface area contributed by atoms with Crippen LogP contribution in [0.4, 0.5) is 15.9 Å². The third-order valence-electron chi connectivity index (χ3n) is 6.60. The monoisotopic (exact) mass is 558 g/mol. The predicted octanol–water partition coefficient (Wildman–Crippen LogP) is 4.98. The predicted molar refractivity (Wildman–Crippen MR) is 155 cm³/mol. The number of amides is 2. The number of hydrogen-bond donors (Lipinski definition) is 3. The maximum absolute atomic E-state index is 14.9. The summed E-state index contributed by atoms with van der Waals surface area (Å²) in [6.07, 6.45) is 0. The number of carbonyl (C=O) groups excluding carboxylic acids is 2. The molecule has 0 radical (unpaired) electrons. The first-order valence-corrected chi connectivity index (χ1v) is 12.8. The van der Waals surface area contributed by atoms with Crippen LogP contribution in [-0.4, -0.2) is 30.5 Å². The minimum absolute atomic E-state index is 0.0228. The molecule has 4 rings (SSSR count). The van der Waals surface area contributed by atoms with Gasteiger partial charge in [-0.3, -0.25) is 19.0 Å². The Bertz CT molecular complexity index is 1660. The lowest BCUT2D eigenvalue weighted by molar-refractivity contribution is 0.0944. The summed E-state index contributed by atoms with van der Waals surface area (Å²) in [7, 11) is 4.55. The van der Waals surface area contributed by atoms with E-state index < -0.39 is 17.3 Å². The molecular weight excluding hydrogens is 527 g/mol. The summed E-state index contributed by atoms with van der Waals surface area (Å²) in [6.45, 7) is 3.62. The van der Waals surface area contributed by atoms with Gasteiger partial charge in [-0.25, -0.2) is 4.39 Å². The zero-order chi connectivity index (χ0) is 29.7. The Hall–Kier alpha value is -5.12. The molecule has 2 amide bonds. The van der Waals surface area contributed by atoms with Crippen LogP contribution in [0.25, 0.3) is 0 Å². The van der Waals surface area contributed by atoms with Crippen molar-refractivity contribution in [1.82, 2.24) is 15.2 Å². The zero-order valence-electron chi connectivity index (χ0n) is 23.4. The van der Waals surface area contributed by atoms with Crippen molar-refractivity contribution in [1.29, 1.82) is 0 Å². The van der Waals surface area contributed by atoms with Crippen LogP contribution in [0.5, 0.6) is 17.2 Å². The molecule has 0 saturated carbocycles. The molecule has 41 heavy (non-hydrogen) atoms. The fraction of sp³-hybridized carbons (Fsp3) is 0.194. The first-order chi connectivity index (χ1) is 19.6. The molecule has 3 aromatic carbocycles. The number of nitrogens with one attached hydrogen (secondary N) is 3. The van der Waals surface area contributed by atoms with E-state index in [9.17, 15) is 18.8 Å². The summed E-state index contributed by atoms with van der Waals surface area (Å²) in [6, 6.07) is 17.8. The topological polar surface area (TPSA) is 111 Å². The minimum Gasteiger partial charge on any atom is -0.497 e. The molecule has 212 valence electrons. The molecule has 0 aliphatic heterocycles. The van der Waals surface area contributed by atoms with Gasteiger partial charge in [0, 0.05) is 37.8 Å². The summed E-state index contributed by atoms with van der Waals surface area (Å²) in [5.74, 6) is -0.517. The zero-order valence-corrected chi connectivity index (χ0v) is 23.4. The molecule has 4 aromatic rings. The third-order valence-corrected chi connectivity index (χ3v) is 6.60. The maximum atomic E-state index is 14.9. The number of nitrogens with zero attached hydrogens (tertiary/aromatic N) is 1. The second kappa shape index (κ2) is 12.4. The van der Waals surface area contributed by atoms with E-state index in [4.69, 9.17) is 9.47 Å². The molecule has 1 heterocycles. The van der Waals surface area contributed by atoms with Crippen LogP contribution >= 0.6 is 0 Å². The van der Waals surface area contributed by atoms with E-state index in [0.29, 0.717) is 22.4 Å². The van der Waals surface area contributed by atoms with Crippen LogP contribution in [0.3, 0.4) is 0 Å². The molecule has 0 aliphatic rings. The highest BCUT2D eigenvalue weighted by Crippen LogP contribution is 2.34. The van der Waals surface area contributed by atoms with Gasteiger partial charge in [-0.05, 0) is 61.4 Å². The summed E-state index contributed by atoms with van der Waals surface area (Å²) < 4.78 is 27.4. The number of aryl methyl sites for hydroxylation is 1. The van der Waals surface area contributed by atoms with Gasteiger partial charge in [-0.15, -0.1) is 0 Å². The highest BCUT2D eigenvalue weighted by molar-refractivity contribution is 6.02. The van der Waals surface area contributed by atoms with Gasteiger partial charge in [0.2, 0.25) is 0 Å². The number of halogens is 1. The van der Waals surface area contributed by atoms with Gasteiger partial charge in [0.15, 0.2) is 0 Å². The summed E-state index contributed by atoms with van der Waals surface area (Å²) in [5.41, 5.74) is 1.95. The van der Waals surface area contributed by atoms with Crippen LogP contribution in [0.2, 0.25) is 0 Å². The van der Waals surface area contributed by atoms with Crippen LogP contribution in [0, 0.1) is 19.7 Å². The van der Waals surface area contributed by atoms with E-state index in [2.05, 4.69) is 16.0 Å². The number of rotatable bonds is 9. The van der Waals surface area contributed by atoms with Gasteiger partial charge in [0.1, 0.15) is 34.4 Å².